The minimum Gasteiger partial charge on any atom is -0.340 e. The average Bonchev–Trinajstić information content (AvgIpc) is 3.10. The van der Waals surface area contributed by atoms with Crippen LogP contribution < -0.4 is 5.32 Å². The Morgan fingerprint density at radius 2 is 2.00 bits per heavy atom. The first-order chi connectivity index (χ1) is 11.9. The number of nitrogens with one attached hydrogen (secondary N) is 2. The molecule has 0 aliphatic rings. The number of aromatic nitrogens is 5. The van der Waals surface area contributed by atoms with Crippen LogP contribution in [0.5, 0.6) is 0 Å². The Balaban J connectivity index is 1.62. The quantitative estimate of drug-likeness (QED) is 0.601. The molecule has 0 saturated heterocycles. The first-order valence-electron chi connectivity index (χ1n) is 7.47. The zero-order valence-electron chi connectivity index (χ0n) is 12.7. The number of pyridine rings is 1. The number of hydrogen-bond acceptors (Lipinski definition) is 5. The van der Waals surface area contributed by atoms with Gasteiger partial charge in [-0.1, -0.05) is 12.1 Å². The van der Waals surface area contributed by atoms with Gasteiger partial charge in [0, 0.05) is 35.2 Å². The molecule has 0 radical (unpaired) electrons. The van der Waals surface area contributed by atoms with Crippen LogP contribution in [0.3, 0.4) is 0 Å². The third kappa shape index (κ3) is 2.98. The standard InChI is InChI=1S/C18H14N6/c1-2-13(9-19-7-1)3-4-14-10-20-12-21-18(14)23-16-5-6-17-15(8-16)11-22-24-17/h1-12H,(H,22,24)(H,20,21,23). The fourth-order valence-electron chi connectivity index (χ4n) is 2.38. The van der Waals surface area contributed by atoms with Crippen LogP contribution in [0.25, 0.3) is 23.1 Å². The number of hydrogen-bond donors (Lipinski definition) is 2. The molecular weight excluding hydrogens is 300 g/mol. The highest BCUT2D eigenvalue weighted by Gasteiger charge is 2.03. The van der Waals surface area contributed by atoms with E-state index in [9.17, 15) is 0 Å². The fraction of sp³-hybridized carbons (Fsp3) is 0. The van der Waals surface area contributed by atoms with Gasteiger partial charge in [0.15, 0.2) is 0 Å². The second-order valence-corrected chi connectivity index (χ2v) is 5.24. The normalized spacial score (nSPS) is 11.2. The Morgan fingerprint density at radius 3 is 2.92 bits per heavy atom. The van der Waals surface area contributed by atoms with Crippen molar-refractivity contribution in [3.8, 4) is 0 Å². The molecule has 3 heterocycles. The topological polar surface area (TPSA) is 79.4 Å². The molecule has 6 heteroatoms. The van der Waals surface area contributed by atoms with E-state index < -0.39 is 0 Å². The molecule has 0 spiro atoms. The zero-order valence-corrected chi connectivity index (χ0v) is 12.7. The molecule has 3 aromatic heterocycles. The number of benzene rings is 1. The van der Waals surface area contributed by atoms with Gasteiger partial charge in [0.1, 0.15) is 12.1 Å². The molecule has 2 N–H and O–H groups in total. The number of aromatic amines is 1. The van der Waals surface area contributed by atoms with E-state index in [0.717, 1.165) is 33.5 Å². The highest BCUT2D eigenvalue weighted by molar-refractivity contribution is 5.84. The molecule has 4 aromatic rings. The molecule has 0 aliphatic heterocycles. The summed E-state index contributed by atoms with van der Waals surface area (Å²) in [5, 5.41) is 11.3. The molecule has 0 amide bonds. The number of anilines is 2. The van der Waals surface area contributed by atoms with Gasteiger partial charge >= 0.3 is 0 Å². The number of fused-ring (bicyclic) bond motifs is 1. The fourth-order valence-corrected chi connectivity index (χ4v) is 2.38. The molecule has 116 valence electrons. The number of rotatable bonds is 4. The lowest BCUT2D eigenvalue weighted by molar-refractivity contribution is 1.12. The van der Waals surface area contributed by atoms with Crippen LogP contribution >= 0.6 is 0 Å². The third-order valence-corrected chi connectivity index (χ3v) is 3.58. The van der Waals surface area contributed by atoms with Crippen LogP contribution in [0.15, 0.2) is 61.4 Å². The molecule has 0 unspecified atom stereocenters. The van der Waals surface area contributed by atoms with Crippen LogP contribution in [-0.4, -0.2) is 25.1 Å². The van der Waals surface area contributed by atoms with Gasteiger partial charge in [-0.05, 0) is 35.9 Å². The largest absolute Gasteiger partial charge is 0.340 e. The van der Waals surface area contributed by atoms with Crippen molar-refractivity contribution in [3.63, 3.8) is 0 Å². The van der Waals surface area contributed by atoms with Crippen molar-refractivity contribution in [3.05, 3.63) is 72.6 Å². The molecule has 0 saturated carbocycles. The Morgan fingerprint density at radius 1 is 1.00 bits per heavy atom. The first kappa shape index (κ1) is 14.1. The molecule has 4 rings (SSSR count). The molecule has 0 atom stereocenters. The number of H-pyrrole nitrogens is 1. The van der Waals surface area contributed by atoms with Crippen LogP contribution in [0.4, 0.5) is 11.5 Å². The summed E-state index contributed by atoms with van der Waals surface area (Å²) in [6, 6.07) is 9.89. The number of nitrogens with zero attached hydrogens (tertiary/aromatic N) is 4. The van der Waals surface area contributed by atoms with Crippen molar-refractivity contribution >= 4 is 34.6 Å². The molecule has 0 aliphatic carbocycles. The molecule has 6 nitrogen and oxygen atoms in total. The van der Waals surface area contributed by atoms with Crippen molar-refractivity contribution in [2.24, 2.45) is 0 Å². The molecule has 24 heavy (non-hydrogen) atoms. The second kappa shape index (κ2) is 6.29. The lowest BCUT2D eigenvalue weighted by Crippen LogP contribution is -1.97. The highest BCUT2D eigenvalue weighted by Crippen LogP contribution is 2.22. The predicted octanol–water partition coefficient (Wildman–Crippen LogP) is 3.66. The summed E-state index contributed by atoms with van der Waals surface area (Å²) in [7, 11) is 0. The van der Waals surface area contributed by atoms with E-state index in [1.54, 1.807) is 24.8 Å². The van der Waals surface area contributed by atoms with E-state index in [-0.39, 0.29) is 0 Å². The van der Waals surface area contributed by atoms with Gasteiger partial charge in [0.05, 0.1) is 11.7 Å². The summed E-state index contributed by atoms with van der Waals surface area (Å²) >= 11 is 0. The van der Waals surface area contributed by atoms with E-state index >= 15 is 0 Å². The predicted molar refractivity (Wildman–Crippen MR) is 94.6 cm³/mol. The Kier molecular flexibility index (Phi) is 3.69. The van der Waals surface area contributed by atoms with Gasteiger partial charge in [-0.15, -0.1) is 0 Å². The van der Waals surface area contributed by atoms with Crippen molar-refractivity contribution in [1.82, 2.24) is 25.1 Å². The summed E-state index contributed by atoms with van der Waals surface area (Å²) in [6.07, 6.45) is 12.6. The maximum absolute atomic E-state index is 4.34. The van der Waals surface area contributed by atoms with E-state index in [2.05, 4.69) is 30.5 Å². The summed E-state index contributed by atoms with van der Waals surface area (Å²) in [5.74, 6) is 0.744. The maximum atomic E-state index is 4.34. The van der Waals surface area contributed by atoms with E-state index in [4.69, 9.17) is 0 Å². The Hall–Kier alpha value is -3.54. The van der Waals surface area contributed by atoms with Crippen LogP contribution in [0, 0.1) is 0 Å². The smallest absolute Gasteiger partial charge is 0.141 e. The third-order valence-electron chi connectivity index (χ3n) is 3.58. The summed E-state index contributed by atoms with van der Waals surface area (Å²) < 4.78 is 0. The van der Waals surface area contributed by atoms with Gasteiger partial charge in [-0.2, -0.15) is 5.10 Å². The zero-order chi connectivity index (χ0) is 16.2. The highest BCUT2D eigenvalue weighted by atomic mass is 15.1. The molecule has 0 fully saturated rings. The van der Waals surface area contributed by atoms with E-state index in [1.165, 1.54) is 6.33 Å². The summed E-state index contributed by atoms with van der Waals surface area (Å²) in [5.41, 5.74) is 3.86. The monoisotopic (exact) mass is 314 g/mol. The second-order valence-electron chi connectivity index (χ2n) is 5.24. The van der Waals surface area contributed by atoms with Crippen molar-refractivity contribution in [1.29, 1.82) is 0 Å². The lowest BCUT2D eigenvalue weighted by atomic mass is 10.2. The van der Waals surface area contributed by atoms with Crippen molar-refractivity contribution in [2.45, 2.75) is 0 Å². The SMILES string of the molecule is C(=Cc1cncnc1Nc1ccc2[nH]ncc2c1)c1cccnc1. The molecule has 0 bridgehead atoms. The van der Waals surface area contributed by atoms with Gasteiger partial charge in [-0.25, -0.2) is 9.97 Å². The van der Waals surface area contributed by atoms with Gasteiger partial charge in [0.2, 0.25) is 0 Å². The van der Waals surface area contributed by atoms with Crippen LogP contribution in [0.2, 0.25) is 0 Å². The maximum Gasteiger partial charge on any atom is 0.141 e. The Labute approximate surface area is 138 Å². The van der Waals surface area contributed by atoms with E-state index in [1.807, 2.05) is 42.5 Å². The van der Waals surface area contributed by atoms with Gasteiger partial charge in [-0.3, -0.25) is 10.1 Å². The molecule has 1 aromatic carbocycles. The van der Waals surface area contributed by atoms with Crippen molar-refractivity contribution in [2.75, 3.05) is 5.32 Å². The first-order valence-corrected chi connectivity index (χ1v) is 7.47. The van der Waals surface area contributed by atoms with Crippen LogP contribution in [-0.2, 0) is 0 Å². The summed E-state index contributed by atoms with van der Waals surface area (Å²) in [6.45, 7) is 0. The lowest BCUT2D eigenvalue weighted by Gasteiger charge is -2.08. The molecular formula is C18H14N6. The minimum atomic E-state index is 0.744. The van der Waals surface area contributed by atoms with Gasteiger partial charge < -0.3 is 5.32 Å². The Bertz CT molecular complexity index is 991. The van der Waals surface area contributed by atoms with E-state index in [0.29, 0.717) is 0 Å². The average molecular weight is 314 g/mol. The van der Waals surface area contributed by atoms with Crippen LogP contribution in [0.1, 0.15) is 11.1 Å². The minimum absolute atomic E-state index is 0.744. The summed E-state index contributed by atoms with van der Waals surface area (Å²) in [4.78, 5) is 12.6. The van der Waals surface area contributed by atoms with Crippen molar-refractivity contribution < 1.29 is 0 Å². The van der Waals surface area contributed by atoms with Gasteiger partial charge in [0.25, 0.3) is 0 Å².